The molecule has 0 aliphatic rings. The first-order valence-electron chi connectivity index (χ1n) is 5.13. The summed E-state index contributed by atoms with van der Waals surface area (Å²) < 4.78 is 1.53. The molecule has 0 fully saturated rings. The van der Waals surface area contributed by atoms with Crippen molar-refractivity contribution in [2.24, 2.45) is 0 Å². The maximum Gasteiger partial charge on any atom is 0.354 e. The Morgan fingerprint density at radius 1 is 1.37 bits per heavy atom. The van der Waals surface area contributed by atoms with E-state index in [0.29, 0.717) is 10.7 Å². The molecule has 1 N–H and O–H groups in total. The highest BCUT2D eigenvalue weighted by Crippen LogP contribution is 2.26. The molecule has 0 aromatic carbocycles. The number of aromatic carboxylic acids is 1. The number of aromatic nitrogens is 6. The Morgan fingerprint density at radius 2 is 2.26 bits per heavy atom. The molecule has 0 saturated carbocycles. The Morgan fingerprint density at radius 3 is 3.11 bits per heavy atom. The lowest BCUT2D eigenvalue weighted by Gasteiger charge is -2.02. The average Bonchev–Trinajstić information content (AvgIpc) is 2.88. The van der Waals surface area contributed by atoms with Gasteiger partial charge in [0.1, 0.15) is 10.7 Å². The molecule has 3 aromatic heterocycles. The van der Waals surface area contributed by atoms with Crippen LogP contribution in [0, 0.1) is 0 Å². The second-order valence-corrected chi connectivity index (χ2v) is 4.57. The van der Waals surface area contributed by atoms with Crippen LogP contribution in [0.25, 0.3) is 5.65 Å². The second kappa shape index (κ2) is 4.61. The largest absolute Gasteiger partial charge is 0.477 e. The fraction of sp³-hybridized carbons (Fsp3) is 0. The van der Waals surface area contributed by atoms with Crippen LogP contribution in [0.1, 0.15) is 10.5 Å². The average molecular weight is 274 g/mol. The zero-order chi connectivity index (χ0) is 13.2. The Balaban J connectivity index is 1.99. The number of nitrogens with zero attached hydrogens (tertiary/aromatic N) is 6. The summed E-state index contributed by atoms with van der Waals surface area (Å²) in [5.74, 6) is -1.07. The number of pyridine rings is 1. The third-order valence-corrected chi connectivity index (χ3v) is 3.23. The van der Waals surface area contributed by atoms with Crippen LogP contribution in [0.5, 0.6) is 0 Å². The maximum absolute atomic E-state index is 10.9. The lowest BCUT2D eigenvalue weighted by atomic mass is 10.3. The van der Waals surface area contributed by atoms with Gasteiger partial charge in [-0.15, -0.1) is 5.10 Å². The van der Waals surface area contributed by atoms with Crippen LogP contribution >= 0.6 is 11.8 Å². The second-order valence-electron chi connectivity index (χ2n) is 3.48. The van der Waals surface area contributed by atoms with Crippen LogP contribution in [-0.4, -0.2) is 41.1 Å². The van der Waals surface area contributed by atoms with Crippen molar-refractivity contribution in [3.8, 4) is 0 Å². The predicted molar refractivity (Wildman–Crippen MR) is 63.9 cm³/mol. The molecule has 0 spiro atoms. The van der Waals surface area contributed by atoms with Gasteiger partial charge in [-0.25, -0.2) is 9.78 Å². The van der Waals surface area contributed by atoms with E-state index in [4.69, 9.17) is 5.11 Å². The highest BCUT2D eigenvalue weighted by Gasteiger charge is 2.09. The summed E-state index contributed by atoms with van der Waals surface area (Å²) in [5.41, 5.74) is 0.513. The van der Waals surface area contributed by atoms with Crippen molar-refractivity contribution in [2.45, 2.75) is 9.92 Å². The van der Waals surface area contributed by atoms with Crippen LogP contribution in [0.2, 0.25) is 0 Å². The molecule has 0 amide bonds. The number of rotatable bonds is 3. The van der Waals surface area contributed by atoms with Gasteiger partial charge in [-0.2, -0.15) is 4.52 Å². The molecule has 0 radical (unpaired) electrons. The van der Waals surface area contributed by atoms with Crippen LogP contribution < -0.4 is 0 Å². The lowest BCUT2D eigenvalue weighted by molar-refractivity contribution is 0.0690. The number of hydrogen-bond acceptors (Lipinski definition) is 7. The van der Waals surface area contributed by atoms with Crippen LogP contribution in [0.4, 0.5) is 0 Å². The SMILES string of the molecule is O=C(O)c1cc(Sc2cncc3nnnn23)ccn1. The van der Waals surface area contributed by atoms with Gasteiger partial charge in [0.25, 0.3) is 0 Å². The summed E-state index contributed by atoms with van der Waals surface area (Å²) in [6.45, 7) is 0. The van der Waals surface area contributed by atoms with Gasteiger partial charge < -0.3 is 5.11 Å². The van der Waals surface area contributed by atoms with Crippen molar-refractivity contribution in [1.82, 2.24) is 30.0 Å². The first-order valence-corrected chi connectivity index (χ1v) is 5.95. The Labute approximate surface area is 110 Å². The molecule has 3 aromatic rings. The van der Waals surface area contributed by atoms with Crippen LogP contribution in [0.15, 0.2) is 40.6 Å². The molecule has 0 atom stereocenters. The topological polar surface area (TPSA) is 106 Å². The van der Waals surface area contributed by atoms with E-state index in [-0.39, 0.29) is 5.69 Å². The van der Waals surface area contributed by atoms with Gasteiger partial charge in [-0.3, -0.25) is 4.98 Å². The van der Waals surface area contributed by atoms with Crippen LogP contribution in [-0.2, 0) is 0 Å². The molecule has 0 bridgehead atoms. The van der Waals surface area contributed by atoms with E-state index in [1.54, 1.807) is 18.5 Å². The normalized spacial score (nSPS) is 10.7. The smallest absolute Gasteiger partial charge is 0.354 e. The van der Waals surface area contributed by atoms with Gasteiger partial charge in [-0.05, 0) is 22.6 Å². The molecular formula is C10H6N6O2S. The van der Waals surface area contributed by atoms with E-state index in [0.717, 1.165) is 4.90 Å². The maximum atomic E-state index is 10.9. The van der Waals surface area contributed by atoms with Crippen molar-refractivity contribution in [1.29, 1.82) is 0 Å². The quantitative estimate of drug-likeness (QED) is 0.746. The van der Waals surface area contributed by atoms with Crippen LogP contribution in [0.3, 0.4) is 0 Å². The monoisotopic (exact) mass is 274 g/mol. The summed E-state index contributed by atoms with van der Waals surface area (Å²) >= 11 is 1.31. The highest BCUT2D eigenvalue weighted by molar-refractivity contribution is 7.99. The Hall–Kier alpha value is -2.55. The Kier molecular flexibility index (Phi) is 2.80. The summed E-state index contributed by atoms with van der Waals surface area (Å²) in [6.07, 6.45) is 4.59. The van der Waals surface area contributed by atoms with Gasteiger partial charge in [0.15, 0.2) is 5.65 Å². The Bertz CT molecular complexity index is 758. The third kappa shape index (κ3) is 2.22. The van der Waals surface area contributed by atoms with E-state index in [1.807, 2.05) is 0 Å². The molecular weight excluding hydrogens is 268 g/mol. The molecule has 0 aliphatic carbocycles. The first kappa shape index (κ1) is 11.5. The standard InChI is InChI=1S/C10H6N6O2S/c17-10(18)7-3-6(1-2-12-7)19-9-5-11-4-8-13-14-15-16(8)9/h1-5H,(H,17,18). The number of tetrazole rings is 1. The molecule has 94 valence electrons. The van der Waals surface area contributed by atoms with Gasteiger partial charge in [0.05, 0.1) is 12.4 Å². The molecule has 8 nitrogen and oxygen atoms in total. The minimum atomic E-state index is -1.07. The number of carboxylic acid groups (broad SMARTS) is 1. The molecule has 3 rings (SSSR count). The number of fused-ring (bicyclic) bond motifs is 1. The minimum absolute atomic E-state index is 0.0122. The van der Waals surface area contributed by atoms with Gasteiger partial charge in [0, 0.05) is 11.1 Å². The highest BCUT2D eigenvalue weighted by atomic mass is 32.2. The van der Waals surface area contributed by atoms with Crippen molar-refractivity contribution in [3.63, 3.8) is 0 Å². The summed E-state index contributed by atoms with van der Waals surface area (Å²) in [5, 5.41) is 20.8. The fourth-order valence-electron chi connectivity index (χ4n) is 1.44. The number of carbonyl (C=O) groups is 1. The van der Waals surface area contributed by atoms with Gasteiger partial charge >= 0.3 is 5.97 Å². The first-order chi connectivity index (χ1) is 9.24. The molecule has 19 heavy (non-hydrogen) atoms. The van der Waals surface area contributed by atoms with Crippen molar-refractivity contribution < 1.29 is 9.90 Å². The zero-order valence-electron chi connectivity index (χ0n) is 9.33. The van der Waals surface area contributed by atoms with E-state index >= 15 is 0 Å². The molecule has 0 unspecified atom stereocenters. The predicted octanol–water partition coefficient (Wildman–Crippen LogP) is 0.764. The number of carboxylic acids is 1. The zero-order valence-corrected chi connectivity index (χ0v) is 10.2. The third-order valence-electron chi connectivity index (χ3n) is 2.25. The summed E-state index contributed by atoms with van der Waals surface area (Å²) in [7, 11) is 0. The minimum Gasteiger partial charge on any atom is -0.477 e. The summed E-state index contributed by atoms with van der Waals surface area (Å²) in [4.78, 5) is 19.4. The van der Waals surface area contributed by atoms with E-state index in [1.165, 1.54) is 28.5 Å². The van der Waals surface area contributed by atoms with Crippen molar-refractivity contribution >= 4 is 23.4 Å². The molecule has 9 heteroatoms. The lowest BCUT2D eigenvalue weighted by Crippen LogP contribution is -1.99. The molecule has 0 saturated heterocycles. The molecule has 0 aliphatic heterocycles. The van der Waals surface area contributed by atoms with E-state index < -0.39 is 5.97 Å². The fourth-order valence-corrected chi connectivity index (χ4v) is 2.31. The van der Waals surface area contributed by atoms with Crippen molar-refractivity contribution in [2.75, 3.05) is 0 Å². The van der Waals surface area contributed by atoms with Gasteiger partial charge in [0.2, 0.25) is 0 Å². The van der Waals surface area contributed by atoms with E-state index in [9.17, 15) is 4.79 Å². The summed E-state index contributed by atoms with van der Waals surface area (Å²) in [6, 6.07) is 3.19. The van der Waals surface area contributed by atoms with Gasteiger partial charge in [-0.1, -0.05) is 11.8 Å². The van der Waals surface area contributed by atoms with Crippen molar-refractivity contribution in [3.05, 3.63) is 36.4 Å². The van der Waals surface area contributed by atoms with E-state index in [2.05, 4.69) is 25.5 Å². The number of hydrogen-bond donors (Lipinski definition) is 1. The molecule has 3 heterocycles.